The first-order valence-electron chi connectivity index (χ1n) is 9.13. The molecule has 1 fully saturated rings. The van der Waals surface area contributed by atoms with E-state index in [0.29, 0.717) is 18.0 Å². The summed E-state index contributed by atoms with van der Waals surface area (Å²) in [5, 5.41) is 0.182. The maximum Gasteiger partial charge on any atom is 0.237 e. The molecule has 0 bridgehead atoms. The van der Waals surface area contributed by atoms with Crippen LogP contribution < -0.4 is 4.90 Å². The second-order valence-corrected chi connectivity index (χ2v) is 8.32. The summed E-state index contributed by atoms with van der Waals surface area (Å²) in [7, 11) is 2.22. The van der Waals surface area contributed by atoms with E-state index in [9.17, 15) is 9.59 Å². The zero-order chi connectivity index (χ0) is 18.1. The van der Waals surface area contributed by atoms with Gasteiger partial charge in [0.15, 0.2) is 0 Å². The number of benzene rings is 1. The molecule has 0 spiro atoms. The van der Waals surface area contributed by atoms with Crippen LogP contribution in [-0.2, 0) is 9.59 Å². The molecule has 1 aliphatic heterocycles. The van der Waals surface area contributed by atoms with Crippen LogP contribution in [0.5, 0.6) is 0 Å². The van der Waals surface area contributed by atoms with E-state index in [2.05, 4.69) is 54.6 Å². The molecule has 1 saturated heterocycles. The molecule has 3 nitrogen and oxygen atoms in total. The smallest absolute Gasteiger partial charge is 0.237 e. The van der Waals surface area contributed by atoms with Gasteiger partial charge >= 0.3 is 0 Å². The maximum atomic E-state index is 12.7. The SMILES string of the molecule is BC(C)(C)C(C)c1ccc(N2C(=O)CC(C(C)CCC)C2=O)cc1. The minimum absolute atomic E-state index is 0.0300. The average Bonchev–Trinajstić information content (AvgIpc) is 2.81. The Morgan fingerprint density at radius 3 is 2.29 bits per heavy atom. The van der Waals surface area contributed by atoms with Crippen molar-refractivity contribution in [2.24, 2.45) is 11.8 Å². The van der Waals surface area contributed by atoms with E-state index >= 15 is 0 Å². The van der Waals surface area contributed by atoms with E-state index < -0.39 is 0 Å². The summed E-state index contributed by atoms with van der Waals surface area (Å²) in [6.07, 6.45) is 2.37. The van der Waals surface area contributed by atoms with Gasteiger partial charge in [-0.15, -0.1) is 0 Å². The van der Waals surface area contributed by atoms with E-state index in [4.69, 9.17) is 0 Å². The molecule has 0 N–H and O–H groups in total. The third kappa shape index (κ3) is 3.74. The number of amides is 2. The molecular formula is C20H30BNO2. The number of carbonyl (C=O) groups is 2. The first kappa shape index (κ1) is 18.8. The van der Waals surface area contributed by atoms with Crippen LogP contribution in [0.1, 0.15) is 65.4 Å². The number of nitrogens with zero attached hydrogens (tertiary/aromatic N) is 1. The van der Waals surface area contributed by atoms with Gasteiger partial charge in [0.1, 0.15) is 7.85 Å². The first-order chi connectivity index (χ1) is 11.2. The van der Waals surface area contributed by atoms with Gasteiger partial charge in [-0.25, -0.2) is 0 Å². The normalized spacial score (nSPS) is 21.2. The van der Waals surface area contributed by atoms with Crippen molar-refractivity contribution in [3.63, 3.8) is 0 Å². The second-order valence-electron chi connectivity index (χ2n) is 8.32. The molecule has 24 heavy (non-hydrogen) atoms. The fraction of sp³-hybridized carbons (Fsp3) is 0.600. The number of rotatable bonds is 6. The van der Waals surface area contributed by atoms with Crippen molar-refractivity contribution in [2.45, 2.75) is 65.1 Å². The van der Waals surface area contributed by atoms with Crippen molar-refractivity contribution in [1.82, 2.24) is 0 Å². The Kier molecular flexibility index (Phi) is 5.57. The molecule has 0 saturated carbocycles. The van der Waals surface area contributed by atoms with Gasteiger partial charge in [-0.1, -0.05) is 64.9 Å². The van der Waals surface area contributed by atoms with Gasteiger partial charge in [0.05, 0.1) is 11.6 Å². The zero-order valence-corrected chi connectivity index (χ0v) is 15.9. The van der Waals surface area contributed by atoms with Crippen LogP contribution in [0.25, 0.3) is 0 Å². The molecule has 1 aromatic rings. The highest BCUT2D eigenvalue weighted by atomic mass is 16.2. The van der Waals surface area contributed by atoms with E-state index in [1.54, 1.807) is 0 Å². The molecule has 0 aromatic heterocycles. The Labute approximate surface area is 147 Å². The summed E-state index contributed by atoms with van der Waals surface area (Å²) in [5.74, 6) is 0.415. The average molecular weight is 327 g/mol. The topological polar surface area (TPSA) is 37.4 Å². The van der Waals surface area contributed by atoms with Gasteiger partial charge in [0.2, 0.25) is 11.8 Å². The van der Waals surface area contributed by atoms with Crippen LogP contribution in [-0.4, -0.2) is 19.7 Å². The summed E-state index contributed by atoms with van der Waals surface area (Å²) >= 11 is 0. The largest absolute Gasteiger partial charge is 0.274 e. The molecule has 4 heteroatoms. The van der Waals surface area contributed by atoms with Crippen LogP contribution in [0.2, 0.25) is 5.31 Å². The predicted octanol–water partition coefficient (Wildman–Crippen LogP) is 3.94. The third-order valence-electron chi connectivity index (χ3n) is 5.56. The number of hydrogen-bond acceptors (Lipinski definition) is 2. The van der Waals surface area contributed by atoms with E-state index in [1.165, 1.54) is 10.5 Å². The lowest BCUT2D eigenvalue weighted by atomic mass is 9.62. The summed E-state index contributed by atoms with van der Waals surface area (Å²) in [6.45, 7) is 10.9. The quantitative estimate of drug-likeness (QED) is 0.586. The van der Waals surface area contributed by atoms with Gasteiger partial charge in [-0.2, -0.15) is 0 Å². The third-order valence-corrected chi connectivity index (χ3v) is 5.56. The fourth-order valence-electron chi connectivity index (χ4n) is 3.44. The zero-order valence-electron chi connectivity index (χ0n) is 15.9. The van der Waals surface area contributed by atoms with Crippen molar-refractivity contribution in [3.8, 4) is 0 Å². The molecule has 1 heterocycles. The molecule has 2 rings (SSSR count). The molecule has 2 amide bonds. The number of carbonyl (C=O) groups excluding carboxylic acids is 2. The molecule has 0 radical (unpaired) electrons. The number of imide groups is 1. The molecule has 1 aromatic carbocycles. The summed E-state index contributed by atoms with van der Waals surface area (Å²) in [6, 6.07) is 7.93. The van der Waals surface area contributed by atoms with Gasteiger partial charge in [-0.3, -0.25) is 14.5 Å². The number of hydrogen-bond donors (Lipinski definition) is 0. The molecule has 130 valence electrons. The van der Waals surface area contributed by atoms with E-state index in [1.807, 2.05) is 12.1 Å². The van der Waals surface area contributed by atoms with Gasteiger partial charge in [0.25, 0.3) is 0 Å². The second kappa shape index (κ2) is 7.12. The van der Waals surface area contributed by atoms with E-state index in [-0.39, 0.29) is 29.0 Å². The monoisotopic (exact) mass is 327 g/mol. The maximum absolute atomic E-state index is 12.7. The molecule has 1 aliphatic rings. The Bertz CT molecular complexity index is 603. The first-order valence-corrected chi connectivity index (χ1v) is 9.13. The van der Waals surface area contributed by atoms with Crippen molar-refractivity contribution < 1.29 is 9.59 Å². The Hall–Kier alpha value is -1.58. The van der Waals surface area contributed by atoms with Crippen LogP contribution in [0.15, 0.2) is 24.3 Å². The lowest BCUT2D eigenvalue weighted by molar-refractivity contribution is -0.122. The standard InChI is InChI=1S/C20H30BNO2/c1-6-7-13(2)17-12-18(23)22(19(17)24)16-10-8-15(9-11-16)14(3)20(4,5)21/h8-11,13-14,17H,6-7,12,21H2,1-5H3. The van der Waals surface area contributed by atoms with Crippen LogP contribution in [0, 0.1) is 11.8 Å². The fourth-order valence-corrected chi connectivity index (χ4v) is 3.44. The lowest BCUT2D eigenvalue weighted by Gasteiger charge is -2.28. The number of anilines is 1. The molecule has 0 aliphatic carbocycles. The van der Waals surface area contributed by atoms with E-state index in [0.717, 1.165) is 12.8 Å². The molecule has 3 unspecified atom stereocenters. The van der Waals surface area contributed by atoms with Crippen LogP contribution in [0.3, 0.4) is 0 Å². The van der Waals surface area contributed by atoms with Gasteiger partial charge < -0.3 is 0 Å². The Morgan fingerprint density at radius 2 is 1.79 bits per heavy atom. The summed E-state index contributed by atoms with van der Waals surface area (Å²) in [5.41, 5.74) is 1.95. The summed E-state index contributed by atoms with van der Waals surface area (Å²) in [4.78, 5) is 26.5. The van der Waals surface area contributed by atoms with Gasteiger partial charge in [0, 0.05) is 6.42 Å². The highest BCUT2D eigenvalue weighted by molar-refractivity contribution is 6.21. The lowest BCUT2D eigenvalue weighted by Crippen LogP contribution is -2.31. The minimum atomic E-state index is -0.161. The van der Waals surface area contributed by atoms with Gasteiger partial charge in [-0.05, 0) is 29.5 Å². The Balaban J connectivity index is 2.20. The minimum Gasteiger partial charge on any atom is -0.274 e. The highest BCUT2D eigenvalue weighted by Crippen LogP contribution is 2.39. The Morgan fingerprint density at radius 1 is 1.21 bits per heavy atom. The van der Waals surface area contributed by atoms with Crippen molar-refractivity contribution >= 4 is 25.3 Å². The van der Waals surface area contributed by atoms with Crippen LogP contribution >= 0.6 is 0 Å². The van der Waals surface area contributed by atoms with Crippen molar-refractivity contribution in [2.75, 3.05) is 4.90 Å². The predicted molar refractivity (Wildman–Crippen MR) is 102 cm³/mol. The van der Waals surface area contributed by atoms with Crippen molar-refractivity contribution in [3.05, 3.63) is 29.8 Å². The molecular weight excluding hydrogens is 297 g/mol. The van der Waals surface area contributed by atoms with Crippen LogP contribution in [0.4, 0.5) is 5.69 Å². The highest BCUT2D eigenvalue weighted by Gasteiger charge is 2.41. The molecule has 3 atom stereocenters. The van der Waals surface area contributed by atoms with Crippen molar-refractivity contribution in [1.29, 1.82) is 0 Å². The summed E-state index contributed by atoms with van der Waals surface area (Å²) < 4.78 is 0.